The van der Waals surface area contributed by atoms with Crippen LogP contribution >= 0.6 is 0 Å². The van der Waals surface area contributed by atoms with Gasteiger partial charge >= 0.3 is 0 Å². The van der Waals surface area contributed by atoms with Crippen LogP contribution in [0.25, 0.3) is 0 Å². The van der Waals surface area contributed by atoms with Crippen molar-refractivity contribution in [1.82, 2.24) is 0 Å². The Bertz CT molecular complexity index is 329. The van der Waals surface area contributed by atoms with Crippen molar-refractivity contribution >= 4 is 0 Å². The van der Waals surface area contributed by atoms with Crippen LogP contribution < -0.4 is 0 Å². The van der Waals surface area contributed by atoms with Gasteiger partial charge in [0.25, 0.3) is 0 Å². The minimum atomic E-state index is 0.424. The number of benzene rings is 1. The molecule has 1 rings (SSSR count). The van der Waals surface area contributed by atoms with Crippen molar-refractivity contribution in [3.63, 3.8) is 0 Å². The van der Waals surface area contributed by atoms with Crippen molar-refractivity contribution in [3.8, 4) is 6.07 Å². The van der Waals surface area contributed by atoms with E-state index in [1.165, 1.54) is 5.56 Å². The molecule has 0 aliphatic heterocycles. The van der Waals surface area contributed by atoms with E-state index in [4.69, 9.17) is 5.26 Å². The Kier molecular flexibility index (Phi) is 3.94. The van der Waals surface area contributed by atoms with Crippen molar-refractivity contribution in [1.29, 1.82) is 5.26 Å². The molecule has 72 valence electrons. The molecule has 0 fully saturated rings. The van der Waals surface area contributed by atoms with E-state index in [0.717, 1.165) is 12.8 Å². The molecular weight excluding hydrogens is 170 g/mol. The Morgan fingerprint density at radius 3 is 2.50 bits per heavy atom. The Labute approximate surface area is 85.7 Å². The summed E-state index contributed by atoms with van der Waals surface area (Å²) in [5.74, 6) is 0.424. The molecule has 0 aliphatic rings. The van der Waals surface area contributed by atoms with E-state index < -0.39 is 0 Å². The summed E-state index contributed by atoms with van der Waals surface area (Å²) in [5, 5.41) is 8.66. The van der Waals surface area contributed by atoms with Gasteiger partial charge in [-0.05, 0) is 24.1 Å². The number of hydrogen-bond acceptors (Lipinski definition) is 1. The third-order valence-corrected chi connectivity index (χ3v) is 2.35. The maximum absolute atomic E-state index is 8.66. The molecule has 0 amide bonds. The first-order valence-corrected chi connectivity index (χ1v) is 4.94. The molecule has 1 unspecified atom stereocenters. The number of hydrogen-bond donors (Lipinski definition) is 0. The first-order valence-electron chi connectivity index (χ1n) is 4.94. The van der Waals surface area contributed by atoms with Crippen molar-refractivity contribution in [2.75, 3.05) is 0 Å². The minimum absolute atomic E-state index is 0.424. The SMILES string of the molecule is C=CC(CCC)c1ccc(C#N)cc1. The van der Waals surface area contributed by atoms with Gasteiger partial charge in [-0.25, -0.2) is 0 Å². The second-order valence-corrected chi connectivity index (χ2v) is 3.36. The third kappa shape index (κ3) is 2.47. The summed E-state index contributed by atoms with van der Waals surface area (Å²) in [5.41, 5.74) is 1.97. The fraction of sp³-hybridized carbons (Fsp3) is 0.308. The maximum Gasteiger partial charge on any atom is 0.0991 e. The van der Waals surface area contributed by atoms with Gasteiger partial charge in [-0.3, -0.25) is 0 Å². The van der Waals surface area contributed by atoms with Gasteiger partial charge in [0, 0.05) is 5.92 Å². The Morgan fingerprint density at radius 1 is 1.43 bits per heavy atom. The zero-order chi connectivity index (χ0) is 10.4. The van der Waals surface area contributed by atoms with E-state index in [1.54, 1.807) is 0 Å². The molecule has 0 aromatic heterocycles. The zero-order valence-corrected chi connectivity index (χ0v) is 8.53. The lowest BCUT2D eigenvalue weighted by Crippen LogP contribution is -1.93. The van der Waals surface area contributed by atoms with Gasteiger partial charge in [0.1, 0.15) is 0 Å². The van der Waals surface area contributed by atoms with Crippen molar-refractivity contribution in [2.24, 2.45) is 0 Å². The molecule has 1 atom stereocenters. The monoisotopic (exact) mass is 185 g/mol. The van der Waals surface area contributed by atoms with Gasteiger partial charge in [0.2, 0.25) is 0 Å². The quantitative estimate of drug-likeness (QED) is 0.657. The Balaban J connectivity index is 2.84. The summed E-state index contributed by atoms with van der Waals surface area (Å²) in [6.07, 6.45) is 4.25. The van der Waals surface area contributed by atoms with Gasteiger partial charge in [0.15, 0.2) is 0 Å². The molecule has 0 bridgehead atoms. The van der Waals surface area contributed by atoms with E-state index >= 15 is 0 Å². The predicted molar refractivity (Wildman–Crippen MR) is 59.0 cm³/mol. The summed E-state index contributed by atoms with van der Waals surface area (Å²) < 4.78 is 0. The second kappa shape index (κ2) is 5.24. The lowest BCUT2D eigenvalue weighted by Gasteiger charge is -2.11. The fourth-order valence-electron chi connectivity index (χ4n) is 1.54. The van der Waals surface area contributed by atoms with E-state index in [0.29, 0.717) is 11.5 Å². The van der Waals surface area contributed by atoms with Crippen molar-refractivity contribution in [3.05, 3.63) is 48.0 Å². The summed E-state index contributed by atoms with van der Waals surface area (Å²) in [4.78, 5) is 0. The van der Waals surface area contributed by atoms with Gasteiger partial charge in [-0.1, -0.05) is 31.6 Å². The normalized spacial score (nSPS) is 11.7. The van der Waals surface area contributed by atoms with Crippen LogP contribution in [0.1, 0.15) is 36.8 Å². The lowest BCUT2D eigenvalue weighted by atomic mass is 9.94. The van der Waals surface area contributed by atoms with Crippen LogP contribution in [0.5, 0.6) is 0 Å². The molecule has 1 nitrogen and oxygen atoms in total. The minimum Gasteiger partial charge on any atom is -0.192 e. The van der Waals surface area contributed by atoms with Crippen LogP contribution in [0.15, 0.2) is 36.9 Å². The van der Waals surface area contributed by atoms with Crippen LogP contribution in [0.2, 0.25) is 0 Å². The first-order chi connectivity index (χ1) is 6.81. The van der Waals surface area contributed by atoms with Crippen LogP contribution in [-0.4, -0.2) is 0 Å². The number of rotatable bonds is 4. The highest BCUT2D eigenvalue weighted by molar-refractivity contribution is 5.34. The van der Waals surface area contributed by atoms with E-state index in [1.807, 2.05) is 30.3 Å². The number of nitriles is 1. The van der Waals surface area contributed by atoms with E-state index in [9.17, 15) is 0 Å². The molecule has 1 aromatic carbocycles. The maximum atomic E-state index is 8.66. The highest BCUT2D eigenvalue weighted by Crippen LogP contribution is 2.22. The van der Waals surface area contributed by atoms with Crippen molar-refractivity contribution < 1.29 is 0 Å². The summed E-state index contributed by atoms with van der Waals surface area (Å²) in [6.45, 7) is 6.00. The molecule has 0 saturated heterocycles. The third-order valence-electron chi connectivity index (χ3n) is 2.35. The molecule has 0 saturated carbocycles. The molecule has 0 spiro atoms. The predicted octanol–water partition coefficient (Wildman–Crippen LogP) is 3.63. The highest BCUT2D eigenvalue weighted by Gasteiger charge is 2.05. The van der Waals surface area contributed by atoms with Crippen LogP contribution in [0.4, 0.5) is 0 Å². The first kappa shape index (κ1) is 10.5. The summed E-state index contributed by atoms with van der Waals surface area (Å²) in [7, 11) is 0. The average molecular weight is 185 g/mol. The Hall–Kier alpha value is -1.55. The number of nitrogens with zero attached hydrogens (tertiary/aromatic N) is 1. The molecule has 0 aliphatic carbocycles. The van der Waals surface area contributed by atoms with Gasteiger partial charge in [-0.15, -0.1) is 6.58 Å². The molecule has 1 heteroatoms. The fourth-order valence-corrected chi connectivity index (χ4v) is 1.54. The summed E-state index contributed by atoms with van der Waals surface area (Å²) >= 11 is 0. The highest BCUT2D eigenvalue weighted by atomic mass is 14.2. The molecule has 0 radical (unpaired) electrons. The lowest BCUT2D eigenvalue weighted by molar-refractivity contribution is 0.718. The van der Waals surface area contributed by atoms with Crippen LogP contribution in [0, 0.1) is 11.3 Å². The van der Waals surface area contributed by atoms with Crippen LogP contribution in [0.3, 0.4) is 0 Å². The number of allylic oxidation sites excluding steroid dienone is 1. The standard InChI is InChI=1S/C13H15N/c1-3-5-12(4-2)13-8-6-11(10-14)7-9-13/h4,6-9,12H,2-3,5H2,1H3. The Morgan fingerprint density at radius 2 is 2.07 bits per heavy atom. The molecule has 0 N–H and O–H groups in total. The molecule has 0 heterocycles. The van der Waals surface area contributed by atoms with Gasteiger partial charge < -0.3 is 0 Å². The smallest absolute Gasteiger partial charge is 0.0991 e. The topological polar surface area (TPSA) is 23.8 Å². The molecule has 14 heavy (non-hydrogen) atoms. The van der Waals surface area contributed by atoms with Gasteiger partial charge in [-0.2, -0.15) is 5.26 Å². The zero-order valence-electron chi connectivity index (χ0n) is 8.53. The van der Waals surface area contributed by atoms with Crippen LogP contribution in [-0.2, 0) is 0 Å². The van der Waals surface area contributed by atoms with Gasteiger partial charge in [0.05, 0.1) is 11.6 Å². The van der Waals surface area contributed by atoms with E-state index in [-0.39, 0.29) is 0 Å². The van der Waals surface area contributed by atoms with E-state index in [2.05, 4.69) is 19.6 Å². The van der Waals surface area contributed by atoms with Crippen molar-refractivity contribution in [2.45, 2.75) is 25.7 Å². The summed E-state index contributed by atoms with van der Waals surface area (Å²) in [6, 6.07) is 9.87. The molecular formula is C13H15N. The largest absolute Gasteiger partial charge is 0.192 e. The second-order valence-electron chi connectivity index (χ2n) is 3.36. The molecule has 1 aromatic rings. The average Bonchev–Trinajstić information content (AvgIpc) is 2.26.